The number of hydrogen-bond acceptors (Lipinski definition) is 8. The third-order valence-electron chi connectivity index (χ3n) is 4.86. The van der Waals surface area contributed by atoms with Gasteiger partial charge in [-0.05, 0) is 31.3 Å². The molecule has 8 heteroatoms. The predicted molar refractivity (Wildman–Crippen MR) is 123 cm³/mol. The Morgan fingerprint density at radius 2 is 1.73 bits per heavy atom. The summed E-state index contributed by atoms with van der Waals surface area (Å²) in [6.45, 7) is 2.07. The van der Waals surface area contributed by atoms with Crippen LogP contribution in [0.4, 0.5) is 15.8 Å². The van der Waals surface area contributed by atoms with Gasteiger partial charge < -0.3 is 9.64 Å². The van der Waals surface area contributed by atoms with E-state index in [1.807, 2.05) is 54.6 Å². The average Bonchev–Trinajstić information content (AvgIpc) is 3.21. The fraction of sp³-hybridized carbons (Fsp3) is 0.273. The minimum absolute atomic E-state index is 0.712. The largest absolute Gasteiger partial charge is 0.497 e. The number of nitrogens with zero attached hydrogens (tertiary/aromatic N) is 5. The number of anilines is 1. The highest BCUT2D eigenvalue weighted by atomic mass is 32.1. The van der Waals surface area contributed by atoms with E-state index in [0.717, 1.165) is 53.6 Å². The molecule has 1 saturated heterocycles. The molecule has 0 atom stereocenters. The molecule has 2 heterocycles. The van der Waals surface area contributed by atoms with Crippen molar-refractivity contribution in [2.24, 2.45) is 15.3 Å². The van der Waals surface area contributed by atoms with Gasteiger partial charge in [-0.1, -0.05) is 41.7 Å². The third kappa shape index (κ3) is 5.08. The molecule has 2 aromatic carbocycles. The van der Waals surface area contributed by atoms with Gasteiger partial charge in [0.1, 0.15) is 11.4 Å². The first-order chi connectivity index (χ1) is 14.7. The smallest absolute Gasteiger partial charge is 0.206 e. The number of hydrogen-bond donors (Lipinski definition) is 1. The molecular formula is C22H24N6OS. The highest BCUT2D eigenvalue weighted by molar-refractivity contribution is 7.19. The van der Waals surface area contributed by atoms with Crippen molar-refractivity contribution in [3.8, 4) is 17.0 Å². The maximum atomic E-state index is 5.19. The Labute approximate surface area is 180 Å². The van der Waals surface area contributed by atoms with E-state index in [1.165, 1.54) is 17.0 Å². The van der Waals surface area contributed by atoms with Gasteiger partial charge in [0, 0.05) is 37.2 Å². The summed E-state index contributed by atoms with van der Waals surface area (Å²) in [6.07, 6.45) is 1.95. The molecule has 0 saturated carbocycles. The number of rotatable bonds is 6. The summed E-state index contributed by atoms with van der Waals surface area (Å²) in [6, 6.07) is 17.5. The second-order valence-electron chi connectivity index (χ2n) is 7.03. The number of nitrogens with one attached hydrogen (secondary N) is 1. The lowest BCUT2D eigenvalue weighted by Crippen LogP contribution is -2.30. The van der Waals surface area contributed by atoms with Gasteiger partial charge in [0.05, 0.1) is 12.8 Å². The summed E-state index contributed by atoms with van der Waals surface area (Å²) in [7, 11) is 3.78. The molecule has 0 radical (unpaired) electrons. The Bertz CT molecular complexity index is 1020. The molecule has 7 nitrogen and oxygen atoms in total. The molecule has 0 unspecified atom stereocenters. The van der Waals surface area contributed by atoms with E-state index in [9.17, 15) is 0 Å². The van der Waals surface area contributed by atoms with Gasteiger partial charge in [-0.2, -0.15) is 5.10 Å². The van der Waals surface area contributed by atoms with Gasteiger partial charge in [-0.25, -0.2) is 4.98 Å². The van der Waals surface area contributed by atoms with Crippen LogP contribution in [0.1, 0.15) is 12.8 Å². The van der Waals surface area contributed by atoms with Gasteiger partial charge in [0.2, 0.25) is 5.13 Å². The molecule has 1 fully saturated rings. The molecule has 1 aromatic heterocycles. The lowest BCUT2D eigenvalue weighted by Gasteiger charge is -2.22. The third-order valence-corrected chi connectivity index (χ3v) is 5.70. The Hall–Kier alpha value is -3.10. The molecule has 3 aromatic rings. The molecule has 0 bridgehead atoms. The van der Waals surface area contributed by atoms with Crippen molar-refractivity contribution in [1.29, 1.82) is 0 Å². The number of aromatic nitrogens is 1. The zero-order valence-electron chi connectivity index (χ0n) is 17.1. The first-order valence-corrected chi connectivity index (χ1v) is 10.6. The second-order valence-corrected chi connectivity index (χ2v) is 8.01. The number of benzene rings is 2. The van der Waals surface area contributed by atoms with E-state index < -0.39 is 0 Å². The van der Waals surface area contributed by atoms with Crippen molar-refractivity contribution in [2.45, 2.75) is 12.8 Å². The van der Waals surface area contributed by atoms with Crippen molar-refractivity contribution in [1.82, 2.24) is 9.88 Å². The first kappa shape index (κ1) is 20.2. The number of piperidine rings is 1. The normalized spacial score (nSPS) is 14.8. The Morgan fingerprint density at radius 3 is 2.43 bits per heavy atom. The van der Waals surface area contributed by atoms with Gasteiger partial charge >= 0.3 is 0 Å². The second kappa shape index (κ2) is 9.60. The minimum atomic E-state index is 0.712. The molecule has 0 amide bonds. The summed E-state index contributed by atoms with van der Waals surface area (Å²) in [5, 5.41) is 14.9. The molecule has 1 N–H and O–H groups in total. The number of methoxy groups -OCH3 is 1. The zero-order valence-corrected chi connectivity index (χ0v) is 17.9. The topological polar surface area (TPSA) is 74.5 Å². The average molecular weight is 421 g/mol. The molecule has 1 aliphatic heterocycles. The van der Waals surface area contributed by atoms with Crippen LogP contribution in [-0.4, -0.2) is 42.8 Å². The number of hydrazone groups is 1. The summed E-state index contributed by atoms with van der Waals surface area (Å²) in [5.41, 5.74) is 6.85. The van der Waals surface area contributed by atoms with Crippen molar-refractivity contribution >= 4 is 32.9 Å². The highest BCUT2D eigenvalue weighted by Crippen LogP contribution is 2.39. The van der Waals surface area contributed by atoms with Crippen LogP contribution in [-0.2, 0) is 0 Å². The van der Waals surface area contributed by atoms with Crippen molar-refractivity contribution < 1.29 is 4.74 Å². The Balaban J connectivity index is 1.57. The highest BCUT2D eigenvalue weighted by Gasteiger charge is 2.14. The van der Waals surface area contributed by atoms with Crippen molar-refractivity contribution in [3.63, 3.8) is 0 Å². The van der Waals surface area contributed by atoms with Crippen LogP contribution >= 0.6 is 11.3 Å². The molecular weight excluding hydrogens is 396 g/mol. The first-order valence-electron chi connectivity index (χ1n) is 9.83. The molecule has 0 spiro atoms. The number of thiazole rings is 1. The zero-order chi connectivity index (χ0) is 20.8. The van der Waals surface area contributed by atoms with Gasteiger partial charge in [-0.3, -0.25) is 5.43 Å². The number of azo groups is 1. The number of ether oxygens (including phenoxy) is 1. The van der Waals surface area contributed by atoms with Crippen molar-refractivity contribution in [3.05, 3.63) is 54.6 Å². The standard InChI is InChI=1S/C22H24N6OS/c1-28-14-12-18(13-15-28)25-27-22-23-20(16-6-4-3-5-7-16)21(30-22)26-24-17-8-10-19(29-2)11-9-17/h3-11H,12-15H2,1-2H3,(H,23,27). The molecule has 4 rings (SSSR count). The summed E-state index contributed by atoms with van der Waals surface area (Å²) in [5.74, 6) is 0.788. The van der Waals surface area contributed by atoms with Crippen LogP contribution < -0.4 is 10.2 Å². The quantitative estimate of drug-likeness (QED) is 0.408. The van der Waals surface area contributed by atoms with E-state index in [-0.39, 0.29) is 0 Å². The Kier molecular flexibility index (Phi) is 6.46. The van der Waals surface area contributed by atoms with Gasteiger partial charge in [0.15, 0.2) is 5.00 Å². The predicted octanol–water partition coefficient (Wildman–Crippen LogP) is 5.73. The fourth-order valence-corrected chi connectivity index (χ4v) is 3.83. The SMILES string of the molecule is COc1ccc(N=Nc2sc(NN=C3CCN(C)CC3)nc2-c2ccccc2)cc1. The lowest BCUT2D eigenvalue weighted by molar-refractivity contribution is 0.336. The van der Waals surface area contributed by atoms with Gasteiger partial charge in [-0.15, -0.1) is 10.2 Å². The van der Waals surface area contributed by atoms with E-state index in [0.29, 0.717) is 5.13 Å². The maximum Gasteiger partial charge on any atom is 0.206 e. The van der Waals surface area contributed by atoms with Crippen LogP contribution in [0.3, 0.4) is 0 Å². The minimum Gasteiger partial charge on any atom is -0.497 e. The lowest BCUT2D eigenvalue weighted by atomic mass is 10.1. The van der Waals surface area contributed by atoms with Crippen LogP contribution in [0.25, 0.3) is 11.3 Å². The molecule has 1 aliphatic rings. The molecule has 154 valence electrons. The maximum absolute atomic E-state index is 5.19. The summed E-state index contributed by atoms with van der Waals surface area (Å²) in [4.78, 5) is 7.05. The van der Waals surface area contributed by atoms with E-state index >= 15 is 0 Å². The van der Waals surface area contributed by atoms with Crippen LogP contribution in [0.2, 0.25) is 0 Å². The van der Waals surface area contributed by atoms with Crippen LogP contribution in [0.5, 0.6) is 5.75 Å². The number of likely N-dealkylation sites (tertiary alicyclic amines) is 1. The van der Waals surface area contributed by atoms with E-state index in [1.54, 1.807) is 7.11 Å². The van der Waals surface area contributed by atoms with E-state index in [4.69, 9.17) is 9.72 Å². The molecule has 30 heavy (non-hydrogen) atoms. The Morgan fingerprint density at radius 1 is 1.00 bits per heavy atom. The van der Waals surface area contributed by atoms with Crippen molar-refractivity contribution in [2.75, 3.05) is 32.7 Å². The molecule has 0 aliphatic carbocycles. The summed E-state index contributed by atoms with van der Waals surface area (Å²) < 4.78 is 5.19. The van der Waals surface area contributed by atoms with Crippen LogP contribution in [0.15, 0.2) is 69.9 Å². The monoisotopic (exact) mass is 420 g/mol. The fourth-order valence-electron chi connectivity index (χ4n) is 3.08. The van der Waals surface area contributed by atoms with Crippen LogP contribution in [0, 0.1) is 0 Å². The van der Waals surface area contributed by atoms with E-state index in [2.05, 4.69) is 32.7 Å². The summed E-state index contributed by atoms with van der Waals surface area (Å²) >= 11 is 1.45. The van der Waals surface area contributed by atoms with Gasteiger partial charge in [0.25, 0.3) is 0 Å².